The van der Waals surface area contributed by atoms with Gasteiger partial charge < -0.3 is 10.5 Å². The van der Waals surface area contributed by atoms with Crippen molar-refractivity contribution in [2.75, 3.05) is 13.1 Å². The lowest BCUT2D eigenvalue weighted by molar-refractivity contribution is 0.0588. The van der Waals surface area contributed by atoms with E-state index in [1.807, 2.05) is 0 Å². The van der Waals surface area contributed by atoms with Gasteiger partial charge in [-0.1, -0.05) is 24.3 Å². The molecule has 0 spiro atoms. The molecular formula is C20H22BrFN2O. The lowest BCUT2D eigenvalue weighted by atomic mass is 10.0. The number of halogens is 2. The minimum Gasteiger partial charge on any atom is -0.483 e. The third-order valence-corrected chi connectivity index (χ3v) is 5.87. The molecule has 2 aliphatic rings. The molecule has 0 radical (unpaired) electrons. The smallest absolute Gasteiger partial charge is 0.140 e. The molecule has 5 heteroatoms. The largest absolute Gasteiger partial charge is 0.483 e. The molecule has 2 N–H and O–H groups in total. The Kier molecular flexibility index (Phi) is 4.80. The molecule has 4 rings (SSSR count). The molecule has 1 saturated heterocycles. The molecular weight excluding hydrogens is 383 g/mol. The van der Waals surface area contributed by atoms with Crippen LogP contribution in [0.25, 0.3) is 0 Å². The van der Waals surface area contributed by atoms with Gasteiger partial charge in [-0.2, -0.15) is 0 Å². The van der Waals surface area contributed by atoms with Crippen LogP contribution in [-0.2, 0) is 6.42 Å². The van der Waals surface area contributed by atoms with Gasteiger partial charge >= 0.3 is 0 Å². The predicted molar refractivity (Wildman–Crippen MR) is 100 cm³/mol. The fourth-order valence-corrected chi connectivity index (χ4v) is 4.49. The van der Waals surface area contributed by atoms with Crippen molar-refractivity contribution in [2.24, 2.45) is 5.73 Å². The van der Waals surface area contributed by atoms with Crippen LogP contribution in [0.3, 0.4) is 0 Å². The van der Waals surface area contributed by atoms with Crippen molar-refractivity contribution in [1.82, 2.24) is 4.90 Å². The van der Waals surface area contributed by atoms with E-state index in [0.29, 0.717) is 10.2 Å². The second-order valence-electron chi connectivity index (χ2n) is 6.98. The third kappa shape index (κ3) is 3.46. The number of ether oxygens (including phenoxy) is 1. The molecule has 1 aliphatic carbocycles. The van der Waals surface area contributed by atoms with Crippen LogP contribution in [0.5, 0.6) is 5.75 Å². The first-order valence-electron chi connectivity index (χ1n) is 8.81. The van der Waals surface area contributed by atoms with Crippen LogP contribution in [0.15, 0.2) is 46.9 Å². The van der Waals surface area contributed by atoms with Gasteiger partial charge in [-0.25, -0.2) is 4.39 Å². The number of rotatable bonds is 3. The van der Waals surface area contributed by atoms with Gasteiger partial charge in [0.2, 0.25) is 0 Å². The van der Waals surface area contributed by atoms with Crippen molar-refractivity contribution in [3.63, 3.8) is 0 Å². The maximum absolute atomic E-state index is 13.4. The maximum Gasteiger partial charge on any atom is 0.140 e. The monoisotopic (exact) mass is 404 g/mol. The van der Waals surface area contributed by atoms with Gasteiger partial charge in [0.15, 0.2) is 0 Å². The SMILES string of the molecule is N[C@@H]1CCCN([C@@H]2Cc3ccccc3[C@H]2Oc2ccc(F)cc2Br)C1. The van der Waals surface area contributed by atoms with Gasteiger partial charge in [-0.15, -0.1) is 0 Å². The number of nitrogens with two attached hydrogens (primary N) is 1. The summed E-state index contributed by atoms with van der Waals surface area (Å²) in [5.41, 5.74) is 8.76. The minimum atomic E-state index is -0.274. The van der Waals surface area contributed by atoms with E-state index in [-0.39, 0.29) is 24.0 Å². The Hall–Kier alpha value is -1.43. The molecule has 132 valence electrons. The van der Waals surface area contributed by atoms with E-state index in [2.05, 4.69) is 45.1 Å². The van der Waals surface area contributed by atoms with Crippen molar-refractivity contribution >= 4 is 15.9 Å². The summed E-state index contributed by atoms with van der Waals surface area (Å²) in [6, 6.07) is 13.5. The zero-order valence-electron chi connectivity index (χ0n) is 14.0. The fraction of sp³-hybridized carbons (Fsp3) is 0.400. The van der Waals surface area contributed by atoms with E-state index in [9.17, 15) is 4.39 Å². The van der Waals surface area contributed by atoms with Gasteiger partial charge in [0, 0.05) is 12.6 Å². The Morgan fingerprint density at radius 3 is 2.84 bits per heavy atom. The Balaban J connectivity index is 1.65. The number of nitrogens with zero attached hydrogens (tertiary/aromatic N) is 1. The first-order chi connectivity index (χ1) is 12.1. The van der Waals surface area contributed by atoms with E-state index in [1.165, 1.54) is 23.3 Å². The number of hydrogen-bond donors (Lipinski definition) is 1. The molecule has 0 bridgehead atoms. The normalized spacial score (nSPS) is 26.4. The Labute approximate surface area is 156 Å². The Morgan fingerprint density at radius 2 is 2.04 bits per heavy atom. The van der Waals surface area contributed by atoms with Crippen molar-refractivity contribution in [1.29, 1.82) is 0 Å². The number of benzene rings is 2. The van der Waals surface area contributed by atoms with Crippen LogP contribution in [-0.4, -0.2) is 30.1 Å². The predicted octanol–water partition coefficient (Wildman–Crippen LogP) is 4.06. The van der Waals surface area contributed by atoms with Crippen molar-refractivity contribution in [3.8, 4) is 5.75 Å². The summed E-state index contributed by atoms with van der Waals surface area (Å²) >= 11 is 3.42. The summed E-state index contributed by atoms with van der Waals surface area (Å²) in [6.45, 7) is 1.96. The average Bonchev–Trinajstić information content (AvgIpc) is 2.96. The quantitative estimate of drug-likeness (QED) is 0.837. The molecule has 3 atom stereocenters. The van der Waals surface area contributed by atoms with Crippen molar-refractivity contribution in [2.45, 2.75) is 37.5 Å². The van der Waals surface area contributed by atoms with Crippen LogP contribution in [0.2, 0.25) is 0 Å². The number of piperidine rings is 1. The summed E-state index contributed by atoms with van der Waals surface area (Å²) in [4.78, 5) is 2.47. The summed E-state index contributed by atoms with van der Waals surface area (Å²) in [7, 11) is 0. The van der Waals surface area contributed by atoms with Crippen molar-refractivity contribution in [3.05, 3.63) is 63.9 Å². The molecule has 0 amide bonds. The van der Waals surface area contributed by atoms with E-state index < -0.39 is 0 Å². The zero-order chi connectivity index (χ0) is 17.4. The topological polar surface area (TPSA) is 38.5 Å². The molecule has 3 nitrogen and oxygen atoms in total. The zero-order valence-corrected chi connectivity index (χ0v) is 15.6. The summed E-state index contributed by atoms with van der Waals surface area (Å²) in [5, 5.41) is 0. The molecule has 2 aromatic carbocycles. The number of likely N-dealkylation sites (tertiary alicyclic amines) is 1. The highest BCUT2D eigenvalue weighted by Gasteiger charge is 2.39. The van der Waals surface area contributed by atoms with Crippen LogP contribution in [0.4, 0.5) is 4.39 Å². The molecule has 25 heavy (non-hydrogen) atoms. The summed E-state index contributed by atoms with van der Waals surface area (Å²) in [6.07, 6.45) is 3.11. The first-order valence-corrected chi connectivity index (χ1v) is 9.60. The highest BCUT2D eigenvalue weighted by atomic mass is 79.9. The van der Waals surface area contributed by atoms with Crippen LogP contribution in [0, 0.1) is 5.82 Å². The van der Waals surface area contributed by atoms with Crippen LogP contribution in [0.1, 0.15) is 30.1 Å². The van der Waals surface area contributed by atoms with E-state index in [1.54, 1.807) is 6.07 Å². The van der Waals surface area contributed by atoms with Gasteiger partial charge in [-0.05, 0) is 71.1 Å². The third-order valence-electron chi connectivity index (χ3n) is 5.25. The van der Waals surface area contributed by atoms with Gasteiger partial charge in [-0.3, -0.25) is 4.90 Å². The minimum absolute atomic E-state index is 0.0664. The van der Waals surface area contributed by atoms with E-state index >= 15 is 0 Å². The molecule has 0 unspecified atom stereocenters. The van der Waals surface area contributed by atoms with E-state index in [4.69, 9.17) is 10.5 Å². The molecule has 2 aromatic rings. The first kappa shape index (κ1) is 17.0. The lowest BCUT2D eigenvalue weighted by Crippen LogP contribution is -2.49. The van der Waals surface area contributed by atoms with Crippen LogP contribution < -0.4 is 10.5 Å². The Bertz CT molecular complexity index is 769. The lowest BCUT2D eigenvalue weighted by Gasteiger charge is -2.38. The second kappa shape index (κ2) is 7.06. The molecule has 1 heterocycles. The average molecular weight is 405 g/mol. The Morgan fingerprint density at radius 1 is 1.20 bits per heavy atom. The summed E-state index contributed by atoms with van der Waals surface area (Å²) < 4.78 is 20.4. The summed E-state index contributed by atoms with van der Waals surface area (Å²) in [5.74, 6) is 0.402. The fourth-order valence-electron chi connectivity index (χ4n) is 4.05. The number of hydrogen-bond acceptors (Lipinski definition) is 3. The van der Waals surface area contributed by atoms with Crippen LogP contribution >= 0.6 is 15.9 Å². The maximum atomic E-state index is 13.4. The molecule has 0 saturated carbocycles. The second-order valence-corrected chi connectivity index (χ2v) is 7.84. The van der Waals surface area contributed by atoms with E-state index in [0.717, 1.165) is 32.4 Å². The van der Waals surface area contributed by atoms with Gasteiger partial charge in [0.1, 0.15) is 17.7 Å². The molecule has 1 fully saturated rings. The molecule has 0 aromatic heterocycles. The number of fused-ring (bicyclic) bond motifs is 1. The van der Waals surface area contributed by atoms with Gasteiger partial charge in [0.05, 0.1) is 10.5 Å². The van der Waals surface area contributed by atoms with Gasteiger partial charge in [0.25, 0.3) is 0 Å². The molecule has 1 aliphatic heterocycles. The standard InChI is InChI=1S/C20H22BrFN2O/c21-17-11-14(22)7-8-19(17)25-20-16-6-2-1-4-13(16)10-18(20)24-9-3-5-15(23)12-24/h1-2,4,6-8,11,15,18,20H,3,5,9-10,12,23H2/t15-,18-,20-/m1/s1. The highest BCUT2D eigenvalue weighted by Crippen LogP contribution is 2.40. The highest BCUT2D eigenvalue weighted by molar-refractivity contribution is 9.10. The van der Waals surface area contributed by atoms with Crippen molar-refractivity contribution < 1.29 is 9.13 Å².